The minimum Gasteiger partial charge on any atom is -0.444 e. The molecule has 0 spiro atoms. The van der Waals surface area contributed by atoms with Crippen LogP contribution < -0.4 is 5.32 Å². The number of hydrogen-bond donors (Lipinski definition) is 1. The molecule has 2 amide bonds. The highest BCUT2D eigenvalue weighted by Gasteiger charge is 2.34. The summed E-state index contributed by atoms with van der Waals surface area (Å²) in [4.78, 5) is 41.4. The smallest absolute Gasteiger partial charge is 0.407 e. The summed E-state index contributed by atoms with van der Waals surface area (Å²) in [5.74, 6) is -0.226. The van der Waals surface area contributed by atoms with Crippen LogP contribution in [0.25, 0.3) is 5.69 Å². The van der Waals surface area contributed by atoms with Crippen molar-refractivity contribution in [2.24, 2.45) is 5.92 Å². The number of benzene rings is 1. The molecule has 3 rings (SSSR count). The molecule has 1 aliphatic heterocycles. The molecule has 2 atom stereocenters. The van der Waals surface area contributed by atoms with E-state index in [9.17, 15) is 19.7 Å². The second kappa shape index (κ2) is 8.70. The Bertz CT molecular complexity index is 969. The third kappa shape index (κ3) is 5.36. The molecule has 166 valence electrons. The first-order valence-corrected chi connectivity index (χ1v) is 9.96. The van der Waals surface area contributed by atoms with E-state index in [4.69, 9.17) is 4.74 Å². The van der Waals surface area contributed by atoms with E-state index >= 15 is 0 Å². The standard InChI is InChI=1S/C20H26N6O5/c1-13-7-14(9-22-19(28)31-20(2,3)4)10-24(13)18(27)15-5-6-16(17(8-15)26(29)30)25-12-21-11-23-25/h5-6,8,11-14H,7,9-10H2,1-4H3,(H,22,28)/t13-,14-/m1/s1. The molecule has 0 unspecified atom stereocenters. The zero-order valence-electron chi connectivity index (χ0n) is 17.9. The number of carbonyl (C=O) groups is 2. The van der Waals surface area contributed by atoms with Crippen LogP contribution in [0.3, 0.4) is 0 Å². The molecule has 0 saturated carbocycles. The highest BCUT2D eigenvalue weighted by atomic mass is 16.6. The van der Waals surface area contributed by atoms with Crippen LogP contribution in [0.15, 0.2) is 30.9 Å². The van der Waals surface area contributed by atoms with E-state index in [1.54, 1.807) is 31.7 Å². The van der Waals surface area contributed by atoms with E-state index in [0.717, 1.165) is 0 Å². The van der Waals surface area contributed by atoms with Crippen LogP contribution in [-0.4, -0.2) is 61.3 Å². The third-order valence-corrected chi connectivity index (χ3v) is 4.94. The third-order valence-electron chi connectivity index (χ3n) is 4.94. The fraction of sp³-hybridized carbons (Fsp3) is 0.500. The van der Waals surface area contributed by atoms with E-state index in [-0.39, 0.29) is 34.8 Å². The highest BCUT2D eigenvalue weighted by Crippen LogP contribution is 2.28. The molecular weight excluding hydrogens is 404 g/mol. The van der Waals surface area contributed by atoms with Gasteiger partial charge in [-0.05, 0) is 52.2 Å². The first-order chi connectivity index (χ1) is 14.5. The van der Waals surface area contributed by atoms with Gasteiger partial charge in [0.1, 0.15) is 23.9 Å². The van der Waals surface area contributed by atoms with Crippen molar-refractivity contribution in [3.8, 4) is 5.69 Å². The Morgan fingerprint density at radius 3 is 2.71 bits per heavy atom. The number of likely N-dealkylation sites (tertiary alicyclic amines) is 1. The summed E-state index contributed by atoms with van der Waals surface area (Å²) in [6.07, 6.45) is 2.85. The minimum absolute atomic E-state index is 0.0630. The van der Waals surface area contributed by atoms with Crippen molar-refractivity contribution in [3.05, 3.63) is 46.5 Å². The summed E-state index contributed by atoms with van der Waals surface area (Å²) in [5.41, 5.74) is -0.357. The Hall–Kier alpha value is -3.50. The SMILES string of the molecule is C[C@@H]1C[C@H](CNC(=O)OC(C)(C)C)CN1C(=O)c1ccc(-n2cncn2)c([N+](=O)[O-])c1. The van der Waals surface area contributed by atoms with Crippen LogP contribution in [0.1, 0.15) is 44.5 Å². The number of rotatable bonds is 5. The molecule has 2 heterocycles. The topological polar surface area (TPSA) is 132 Å². The average molecular weight is 430 g/mol. The van der Waals surface area contributed by atoms with Crippen molar-refractivity contribution in [2.45, 2.75) is 45.8 Å². The molecule has 31 heavy (non-hydrogen) atoms. The minimum atomic E-state index is -0.581. The number of nitrogens with one attached hydrogen (secondary N) is 1. The lowest BCUT2D eigenvalue weighted by molar-refractivity contribution is -0.384. The zero-order valence-corrected chi connectivity index (χ0v) is 17.9. The van der Waals surface area contributed by atoms with Crippen LogP contribution >= 0.6 is 0 Å². The predicted molar refractivity (Wildman–Crippen MR) is 111 cm³/mol. The van der Waals surface area contributed by atoms with Gasteiger partial charge in [0.05, 0.1) is 4.92 Å². The highest BCUT2D eigenvalue weighted by molar-refractivity contribution is 5.95. The van der Waals surface area contributed by atoms with E-state index in [1.165, 1.54) is 29.5 Å². The Kier molecular flexibility index (Phi) is 6.23. The van der Waals surface area contributed by atoms with E-state index in [2.05, 4.69) is 15.4 Å². The number of aromatic nitrogens is 3. The van der Waals surface area contributed by atoms with Gasteiger partial charge in [-0.1, -0.05) is 0 Å². The normalized spacial score (nSPS) is 18.6. The van der Waals surface area contributed by atoms with E-state index in [1.807, 2.05) is 6.92 Å². The fourth-order valence-corrected chi connectivity index (χ4v) is 3.61. The van der Waals surface area contributed by atoms with Gasteiger partial charge in [0, 0.05) is 30.8 Å². The summed E-state index contributed by atoms with van der Waals surface area (Å²) >= 11 is 0. The van der Waals surface area contributed by atoms with E-state index < -0.39 is 16.6 Å². The lowest BCUT2D eigenvalue weighted by Gasteiger charge is -2.22. The van der Waals surface area contributed by atoms with Crippen LogP contribution in [0.2, 0.25) is 0 Å². The van der Waals surface area contributed by atoms with Crippen molar-refractivity contribution in [1.29, 1.82) is 0 Å². The van der Waals surface area contributed by atoms with Crippen LogP contribution in [0, 0.1) is 16.0 Å². The summed E-state index contributed by atoms with van der Waals surface area (Å²) in [6, 6.07) is 4.23. The second-order valence-electron chi connectivity index (χ2n) is 8.59. The molecule has 0 aliphatic carbocycles. The number of nitro groups is 1. The first kappa shape index (κ1) is 22.2. The fourth-order valence-electron chi connectivity index (χ4n) is 3.61. The number of amides is 2. The largest absolute Gasteiger partial charge is 0.444 e. The first-order valence-electron chi connectivity index (χ1n) is 9.96. The quantitative estimate of drug-likeness (QED) is 0.569. The number of nitrogens with zero attached hydrogens (tertiary/aromatic N) is 5. The van der Waals surface area contributed by atoms with Gasteiger partial charge in [-0.2, -0.15) is 5.10 Å². The molecule has 0 bridgehead atoms. The van der Waals surface area contributed by atoms with Crippen LogP contribution in [0.4, 0.5) is 10.5 Å². The van der Waals surface area contributed by atoms with E-state index in [0.29, 0.717) is 19.5 Å². The zero-order chi connectivity index (χ0) is 22.8. The molecule has 1 saturated heterocycles. The van der Waals surface area contributed by atoms with Crippen LogP contribution in [0.5, 0.6) is 0 Å². The van der Waals surface area contributed by atoms with Gasteiger partial charge in [0.2, 0.25) is 0 Å². The Morgan fingerprint density at radius 1 is 1.35 bits per heavy atom. The van der Waals surface area contributed by atoms with Crippen molar-refractivity contribution in [2.75, 3.05) is 13.1 Å². The van der Waals surface area contributed by atoms with Gasteiger partial charge < -0.3 is 15.0 Å². The maximum atomic E-state index is 13.1. The van der Waals surface area contributed by atoms with Gasteiger partial charge >= 0.3 is 6.09 Å². The summed E-state index contributed by atoms with van der Waals surface area (Å²) < 4.78 is 6.52. The maximum absolute atomic E-state index is 13.1. The molecule has 1 aromatic heterocycles. The Balaban J connectivity index is 1.69. The van der Waals surface area contributed by atoms with Crippen molar-refractivity contribution in [1.82, 2.24) is 25.0 Å². The number of nitro benzene ring substituents is 1. The van der Waals surface area contributed by atoms with Gasteiger partial charge in [0.15, 0.2) is 0 Å². The maximum Gasteiger partial charge on any atom is 0.407 e. The second-order valence-corrected chi connectivity index (χ2v) is 8.59. The predicted octanol–water partition coefficient (Wildman–Crippen LogP) is 2.55. The number of alkyl carbamates (subject to hydrolysis) is 1. The van der Waals surface area contributed by atoms with Gasteiger partial charge in [-0.15, -0.1) is 0 Å². The lowest BCUT2D eigenvalue weighted by atomic mass is 10.1. The van der Waals surface area contributed by atoms with Crippen molar-refractivity contribution < 1.29 is 19.2 Å². The molecule has 1 N–H and O–H groups in total. The number of carbonyl (C=O) groups excluding carboxylic acids is 2. The summed E-state index contributed by atoms with van der Waals surface area (Å²) in [6.45, 7) is 8.11. The molecule has 11 nitrogen and oxygen atoms in total. The van der Waals surface area contributed by atoms with Gasteiger partial charge in [-0.25, -0.2) is 14.5 Å². The van der Waals surface area contributed by atoms with Crippen LogP contribution in [-0.2, 0) is 4.74 Å². The molecule has 2 aromatic rings. The molecule has 0 radical (unpaired) electrons. The Morgan fingerprint density at radius 2 is 2.10 bits per heavy atom. The Labute approximate surface area is 179 Å². The molecule has 11 heteroatoms. The average Bonchev–Trinajstić information content (AvgIpc) is 3.34. The number of ether oxygens (including phenoxy) is 1. The summed E-state index contributed by atoms with van der Waals surface area (Å²) in [7, 11) is 0. The molecular formula is C20H26N6O5. The van der Waals surface area contributed by atoms with Gasteiger partial charge in [-0.3, -0.25) is 14.9 Å². The van der Waals surface area contributed by atoms with Crippen molar-refractivity contribution in [3.63, 3.8) is 0 Å². The summed E-state index contributed by atoms with van der Waals surface area (Å²) in [5, 5.41) is 18.2. The lowest BCUT2D eigenvalue weighted by Crippen LogP contribution is -2.37. The monoisotopic (exact) mass is 430 g/mol. The molecule has 1 fully saturated rings. The molecule has 1 aromatic carbocycles. The number of hydrogen-bond acceptors (Lipinski definition) is 7. The van der Waals surface area contributed by atoms with Gasteiger partial charge in [0.25, 0.3) is 11.6 Å². The molecule has 1 aliphatic rings. The van der Waals surface area contributed by atoms with Crippen molar-refractivity contribution >= 4 is 17.7 Å².